The maximum Gasteiger partial charge on any atom is 0.326 e. The van der Waals surface area contributed by atoms with Crippen molar-refractivity contribution in [1.29, 1.82) is 0 Å². The third kappa shape index (κ3) is 10.1. The first-order valence-electron chi connectivity index (χ1n) is 12.3. The van der Waals surface area contributed by atoms with Gasteiger partial charge < -0.3 is 37.6 Å². The predicted molar refractivity (Wildman–Crippen MR) is 136 cm³/mol. The number of phenols is 1. The van der Waals surface area contributed by atoms with E-state index >= 15 is 0 Å². The first kappa shape index (κ1) is 31.4. The largest absolute Gasteiger partial charge is 0.508 e. The molecule has 0 fully saturated rings. The molecule has 9 N–H and O–H groups in total. The fraction of sp³-hybridized carbons (Fsp3) is 0.560. The Balaban J connectivity index is 3.02. The van der Waals surface area contributed by atoms with Crippen LogP contribution in [-0.2, 0) is 30.4 Å². The highest BCUT2D eigenvalue weighted by Crippen LogP contribution is 2.13. The summed E-state index contributed by atoms with van der Waals surface area (Å²) >= 11 is 0. The van der Waals surface area contributed by atoms with Crippen LogP contribution in [-0.4, -0.2) is 64.0 Å². The summed E-state index contributed by atoms with van der Waals surface area (Å²) < 4.78 is 0. The van der Waals surface area contributed by atoms with E-state index in [1.165, 1.54) is 12.1 Å². The number of benzene rings is 1. The molecule has 6 unspecified atom stereocenters. The number of hydrogen-bond acceptors (Lipinski definition) is 7. The second-order valence-corrected chi connectivity index (χ2v) is 9.29. The van der Waals surface area contributed by atoms with Gasteiger partial charge >= 0.3 is 5.97 Å². The first-order valence-corrected chi connectivity index (χ1v) is 12.3. The third-order valence-electron chi connectivity index (χ3n) is 6.34. The fourth-order valence-corrected chi connectivity index (χ4v) is 3.55. The van der Waals surface area contributed by atoms with Gasteiger partial charge in [-0.2, -0.15) is 0 Å². The maximum atomic E-state index is 13.2. The van der Waals surface area contributed by atoms with Gasteiger partial charge in [-0.1, -0.05) is 52.7 Å². The third-order valence-corrected chi connectivity index (χ3v) is 6.34. The minimum Gasteiger partial charge on any atom is -0.508 e. The monoisotopic (exact) mass is 521 g/mol. The van der Waals surface area contributed by atoms with E-state index in [0.717, 1.165) is 0 Å². The normalized spacial score (nSPS) is 15.8. The summed E-state index contributed by atoms with van der Waals surface area (Å²) in [6.45, 7) is 6.95. The van der Waals surface area contributed by atoms with E-state index in [1.54, 1.807) is 32.9 Å². The molecule has 0 aliphatic heterocycles. The lowest BCUT2D eigenvalue weighted by Gasteiger charge is -2.28. The molecule has 0 saturated heterocycles. The Kier molecular flexibility index (Phi) is 12.5. The van der Waals surface area contributed by atoms with Crippen molar-refractivity contribution in [2.45, 2.75) is 77.5 Å². The van der Waals surface area contributed by atoms with Crippen molar-refractivity contribution >= 4 is 29.6 Å². The maximum absolute atomic E-state index is 13.2. The lowest BCUT2D eigenvalue weighted by Crippen LogP contribution is -2.59. The molecule has 4 amide bonds. The van der Waals surface area contributed by atoms with E-state index in [9.17, 15) is 34.2 Å². The number of primary amides is 1. The Morgan fingerprint density at radius 1 is 0.838 bits per heavy atom. The second-order valence-electron chi connectivity index (χ2n) is 9.29. The van der Waals surface area contributed by atoms with Crippen LogP contribution in [0.25, 0.3) is 0 Å². The van der Waals surface area contributed by atoms with E-state index in [0.29, 0.717) is 18.4 Å². The van der Waals surface area contributed by atoms with Crippen LogP contribution in [0.15, 0.2) is 24.3 Å². The minimum atomic E-state index is -1.44. The lowest BCUT2D eigenvalue weighted by atomic mass is 9.96. The summed E-state index contributed by atoms with van der Waals surface area (Å²) in [6, 6.07) is 1.43. The zero-order chi connectivity index (χ0) is 28.3. The molecule has 0 radical (unpaired) electrons. The van der Waals surface area contributed by atoms with Gasteiger partial charge in [0.1, 0.15) is 23.9 Å². The van der Waals surface area contributed by atoms with Gasteiger partial charge in [-0.3, -0.25) is 19.2 Å². The number of nitrogens with one attached hydrogen (secondary N) is 3. The van der Waals surface area contributed by atoms with E-state index in [-0.39, 0.29) is 18.1 Å². The van der Waals surface area contributed by atoms with Gasteiger partial charge in [0, 0.05) is 0 Å². The summed E-state index contributed by atoms with van der Waals surface area (Å²) in [4.78, 5) is 62.0. The molecular formula is C25H39N5O7. The predicted octanol–water partition coefficient (Wildman–Crippen LogP) is -0.231. The number of aliphatic carboxylic acids is 1. The van der Waals surface area contributed by atoms with Crippen molar-refractivity contribution in [3.63, 3.8) is 0 Å². The average Bonchev–Trinajstić information content (AvgIpc) is 2.84. The Labute approximate surface area is 216 Å². The molecule has 0 aliphatic rings. The molecule has 37 heavy (non-hydrogen) atoms. The number of rotatable bonds is 15. The molecule has 0 aromatic heterocycles. The smallest absolute Gasteiger partial charge is 0.326 e. The molecule has 1 aromatic carbocycles. The summed E-state index contributed by atoms with van der Waals surface area (Å²) in [6.07, 6.45) is 0.551. The van der Waals surface area contributed by atoms with Crippen LogP contribution < -0.4 is 27.4 Å². The standard InChI is InChI=1S/C25H39N5O7/c1-5-13(3)20(29-22(33)17(26)11-15-7-9-16(31)10-8-15)24(35)28-18(12-19(27)32)23(34)30-21(25(36)37)14(4)6-2/h7-10,13-14,17-18,20-21,31H,5-6,11-12,26H2,1-4H3,(H2,27,32)(H,28,35)(H,29,33)(H,30,34)(H,36,37). The average molecular weight is 522 g/mol. The highest BCUT2D eigenvalue weighted by Gasteiger charge is 2.34. The van der Waals surface area contributed by atoms with Gasteiger partial charge in [-0.15, -0.1) is 0 Å². The van der Waals surface area contributed by atoms with Gasteiger partial charge in [0.05, 0.1) is 12.5 Å². The van der Waals surface area contributed by atoms with Crippen LogP contribution in [0.4, 0.5) is 0 Å². The van der Waals surface area contributed by atoms with Crippen LogP contribution in [0.5, 0.6) is 5.75 Å². The quantitative estimate of drug-likeness (QED) is 0.163. The van der Waals surface area contributed by atoms with E-state index in [2.05, 4.69) is 16.0 Å². The van der Waals surface area contributed by atoms with Crippen molar-refractivity contribution in [3.8, 4) is 5.75 Å². The summed E-state index contributed by atoms with van der Waals surface area (Å²) in [7, 11) is 0. The van der Waals surface area contributed by atoms with Crippen molar-refractivity contribution in [2.75, 3.05) is 0 Å². The van der Waals surface area contributed by atoms with Crippen molar-refractivity contribution in [1.82, 2.24) is 16.0 Å². The highest BCUT2D eigenvalue weighted by molar-refractivity contribution is 5.96. The Bertz CT molecular complexity index is 953. The summed E-state index contributed by atoms with van der Waals surface area (Å²) in [5.74, 6) is -5.05. The molecule has 12 nitrogen and oxygen atoms in total. The number of carbonyl (C=O) groups is 5. The van der Waals surface area contributed by atoms with Gasteiger partial charge in [0.25, 0.3) is 0 Å². The van der Waals surface area contributed by atoms with Crippen molar-refractivity contribution in [2.24, 2.45) is 23.3 Å². The van der Waals surface area contributed by atoms with Gasteiger partial charge in [0.2, 0.25) is 23.6 Å². The second kappa shape index (κ2) is 14.8. The van der Waals surface area contributed by atoms with Crippen LogP contribution in [0.1, 0.15) is 52.5 Å². The SMILES string of the molecule is CCC(C)C(NC(=O)C(CC(N)=O)NC(=O)C(NC(=O)C(N)Cc1ccc(O)cc1)C(C)CC)C(=O)O. The first-order chi connectivity index (χ1) is 17.3. The number of nitrogens with two attached hydrogens (primary N) is 2. The zero-order valence-corrected chi connectivity index (χ0v) is 21.7. The Hall–Kier alpha value is -3.67. The lowest BCUT2D eigenvalue weighted by molar-refractivity contribution is -0.144. The number of hydrogen-bond donors (Lipinski definition) is 7. The number of carbonyl (C=O) groups excluding carboxylic acids is 4. The Morgan fingerprint density at radius 2 is 1.35 bits per heavy atom. The molecule has 0 heterocycles. The van der Waals surface area contributed by atoms with Gasteiger partial charge in [-0.05, 0) is 36.0 Å². The fourth-order valence-electron chi connectivity index (χ4n) is 3.55. The number of aromatic hydroxyl groups is 1. The number of amides is 4. The van der Waals surface area contributed by atoms with E-state index < -0.39 is 66.1 Å². The minimum absolute atomic E-state index is 0.0728. The van der Waals surface area contributed by atoms with Crippen LogP contribution >= 0.6 is 0 Å². The summed E-state index contributed by atoms with van der Waals surface area (Å²) in [5.41, 5.74) is 12.0. The molecule has 0 aliphatic carbocycles. The molecule has 6 atom stereocenters. The molecule has 0 saturated carbocycles. The topological polar surface area (TPSA) is 214 Å². The van der Waals surface area contributed by atoms with Crippen LogP contribution in [0, 0.1) is 11.8 Å². The molecular weight excluding hydrogens is 482 g/mol. The number of carboxylic acid groups (broad SMARTS) is 1. The van der Waals surface area contributed by atoms with Gasteiger partial charge in [-0.25, -0.2) is 4.79 Å². The number of phenolic OH excluding ortho intramolecular Hbond substituents is 1. The number of carboxylic acids is 1. The van der Waals surface area contributed by atoms with Crippen molar-refractivity contribution < 1.29 is 34.2 Å². The van der Waals surface area contributed by atoms with E-state index in [1.807, 2.05) is 6.92 Å². The van der Waals surface area contributed by atoms with E-state index in [4.69, 9.17) is 11.5 Å². The van der Waals surface area contributed by atoms with Crippen LogP contribution in [0.3, 0.4) is 0 Å². The summed E-state index contributed by atoms with van der Waals surface area (Å²) in [5, 5.41) is 26.3. The molecule has 1 rings (SSSR count). The van der Waals surface area contributed by atoms with Gasteiger partial charge in [0.15, 0.2) is 0 Å². The molecule has 206 valence electrons. The molecule has 12 heteroatoms. The molecule has 0 bridgehead atoms. The molecule has 0 spiro atoms. The molecule has 1 aromatic rings. The van der Waals surface area contributed by atoms with Crippen molar-refractivity contribution in [3.05, 3.63) is 29.8 Å². The Morgan fingerprint density at radius 3 is 1.84 bits per heavy atom. The zero-order valence-electron chi connectivity index (χ0n) is 21.7. The highest BCUT2D eigenvalue weighted by atomic mass is 16.4. The van der Waals surface area contributed by atoms with Crippen LogP contribution in [0.2, 0.25) is 0 Å².